The van der Waals surface area contributed by atoms with Gasteiger partial charge in [-0.15, -0.1) is 0 Å². The van der Waals surface area contributed by atoms with Crippen molar-refractivity contribution in [2.45, 2.75) is 6.42 Å². The maximum atomic E-state index is 14.1. The first kappa shape index (κ1) is 22.6. The highest BCUT2D eigenvalue weighted by molar-refractivity contribution is 7.80. The van der Waals surface area contributed by atoms with Crippen LogP contribution in [0.5, 0.6) is 5.75 Å². The van der Waals surface area contributed by atoms with Gasteiger partial charge in [0.2, 0.25) is 0 Å². The van der Waals surface area contributed by atoms with Crippen LogP contribution in [-0.2, 0) is 16.0 Å². The Morgan fingerprint density at radius 2 is 1.79 bits per heavy atom. The van der Waals surface area contributed by atoms with E-state index in [-0.39, 0.29) is 22.9 Å². The highest BCUT2D eigenvalue weighted by Crippen LogP contribution is 2.33. The fourth-order valence-electron chi connectivity index (χ4n) is 3.54. The molecule has 8 heteroatoms. The average Bonchev–Trinajstić information content (AvgIpc) is 2.80. The third kappa shape index (κ3) is 4.65. The number of methoxy groups -OCH3 is 1. The molecule has 0 radical (unpaired) electrons. The molecule has 1 heterocycles. The van der Waals surface area contributed by atoms with Crippen LogP contribution in [0.4, 0.5) is 10.1 Å². The van der Waals surface area contributed by atoms with Gasteiger partial charge < -0.3 is 4.74 Å². The fourth-order valence-corrected chi connectivity index (χ4v) is 4.10. The van der Waals surface area contributed by atoms with Crippen molar-refractivity contribution in [3.05, 3.63) is 99.8 Å². The molecule has 0 saturated carbocycles. The van der Waals surface area contributed by atoms with Gasteiger partial charge in [0.25, 0.3) is 11.8 Å². The largest absolute Gasteiger partial charge is 0.496 e. The van der Waals surface area contributed by atoms with Gasteiger partial charge in [0, 0.05) is 17.0 Å². The molecule has 5 nitrogen and oxygen atoms in total. The molecule has 4 rings (SSSR count). The molecular formula is C25H18ClFN2O3S. The smallest absolute Gasteiger partial charge is 0.270 e. The van der Waals surface area contributed by atoms with E-state index in [0.717, 1.165) is 0 Å². The molecule has 0 unspecified atom stereocenters. The zero-order valence-electron chi connectivity index (χ0n) is 17.5. The first-order valence-electron chi connectivity index (χ1n) is 9.95. The minimum Gasteiger partial charge on any atom is -0.496 e. The molecule has 1 fully saturated rings. The predicted molar refractivity (Wildman–Crippen MR) is 130 cm³/mol. The number of anilines is 1. The van der Waals surface area contributed by atoms with Gasteiger partial charge in [-0.3, -0.25) is 19.8 Å². The predicted octanol–water partition coefficient (Wildman–Crippen LogP) is 4.91. The molecule has 2 amide bonds. The molecule has 3 aromatic carbocycles. The van der Waals surface area contributed by atoms with Gasteiger partial charge in [0.1, 0.15) is 17.1 Å². The number of hydrogen-bond donors (Lipinski definition) is 1. The number of carbonyl (C=O) groups is 2. The van der Waals surface area contributed by atoms with Crippen molar-refractivity contribution < 1.29 is 18.7 Å². The third-order valence-electron chi connectivity index (χ3n) is 5.15. The van der Waals surface area contributed by atoms with Crippen LogP contribution in [0.3, 0.4) is 0 Å². The fraction of sp³-hybridized carbons (Fsp3) is 0.0800. The summed E-state index contributed by atoms with van der Waals surface area (Å²) < 4.78 is 19.6. The lowest BCUT2D eigenvalue weighted by Gasteiger charge is -2.28. The highest BCUT2D eigenvalue weighted by atomic mass is 35.5. The Morgan fingerprint density at radius 1 is 1.09 bits per heavy atom. The molecule has 0 aromatic heterocycles. The average molecular weight is 481 g/mol. The number of carbonyl (C=O) groups excluding carboxylic acids is 2. The quantitative estimate of drug-likeness (QED) is 0.320. The van der Waals surface area contributed by atoms with E-state index in [1.54, 1.807) is 54.6 Å². The first-order valence-corrected chi connectivity index (χ1v) is 10.7. The summed E-state index contributed by atoms with van der Waals surface area (Å²) in [5.74, 6) is -1.09. The van der Waals surface area contributed by atoms with Gasteiger partial charge in [0.05, 0.1) is 12.8 Å². The minimum absolute atomic E-state index is 0.00389. The van der Waals surface area contributed by atoms with E-state index < -0.39 is 11.8 Å². The zero-order valence-corrected chi connectivity index (χ0v) is 19.0. The van der Waals surface area contributed by atoms with Crippen molar-refractivity contribution in [1.29, 1.82) is 0 Å². The molecule has 1 aliphatic rings. The Kier molecular flexibility index (Phi) is 6.53. The van der Waals surface area contributed by atoms with E-state index in [4.69, 9.17) is 28.6 Å². The number of para-hydroxylation sites is 1. The number of nitrogens with zero attached hydrogens (tertiary/aromatic N) is 1. The second-order valence-corrected chi connectivity index (χ2v) is 8.04. The number of ether oxygens (including phenoxy) is 1. The highest BCUT2D eigenvalue weighted by Gasteiger charge is 2.34. The summed E-state index contributed by atoms with van der Waals surface area (Å²) in [5, 5.41) is 2.87. The van der Waals surface area contributed by atoms with Gasteiger partial charge in [-0.25, -0.2) is 4.39 Å². The lowest BCUT2D eigenvalue weighted by molar-refractivity contribution is -0.122. The van der Waals surface area contributed by atoms with Crippen LogP contribution in [-0.4, -0.2) is 24.0 Å². The Labute approximate surface area is 200 Å². The van der Waals surface area contributed by atoms with E-state index in [1.807, 2.05) is 6.07 Å². The molecular weight excluding hydrogens is 463 g/mol. The second kappa shape index (κ2) is 9.52. The molecule has 1 saturated heterocycles. The number of benzene rings is 3. The van der Waals surface area contributed by atoms with Crippen LogP contribution in [0.1, 0.15) is 16.7 Å². The van der Waals surface area contributed by atoms with Gasteiger partial charge in [-0.2, -0.15) is 0 Å². The van der Waals surface area contributed by atoms with Crippen LogP contribution < -0.4 is 15.0 Å². The molecule has 0 spiro atoms. The van der Waals surface area contributed by atoms with Crippen molar-refractivity contribution in [1.82, 2.24) is 5.32 Å². The summed E-state index contributed by atoms with van der Waals surface area (Å²) in [4.78, 5) is 27.0. The summed E-state index contributed by atoms with van der Waals surface area (Å²) in [7, 11) is 1.47. The summed E-state index contributed by atoms with van der Waals surface area (Å²) in [6.07, 6.45) is 1.65. The first-order chi connectivity index (χ1) is 15.9. The van der Waals surface area contributed by atoms with Crippen molar-refractivity contribution >= 4 is 52.5 Å². The van der Waals surface area contributed by atoms with Crippen LogP contribution in [0.2, 0.25) is 5.02 Å². The molecule has 0 bridgehead atoms. The van der Waals surface area contributed by atoms with Crippen molar-refractivity contribution in [2.24, 2.45) is 0 Å². The summed E-state index contributed by atoms with van der Waals surface area (Å²) in [6.45, 7) is 0. The Bertz CT molecular complexity index is 1290. The SMILES string of the molecule is COc1cc(/C=C2/C(=O)NC(=S)N(c3ccccc3)C2=O)cc(Cl)c1Cc1ccccc1F. The maximum Gasteiger partial charge on any atom is 0.270 e. The van der Waals surface area contributed by atoms with Crippen molar-refractivity contribution in [2.75, 3.05) is 12.0 Å². The molecule has 0 atom stereocenters. The zero-order chi connectivity index (χ0) is 23.5. The third-order valence-corrected chi connectivity index (χ3v) is 5.77. The van der Waals surface area contributed by atoms with Crippen LogP contribution in [0.25, 0.3) is 6.08 Å². The van der Waals surface area contributed by atoms with Gasteiger partial charge in [-0.05, 0) is 59.8 Å². The number of thiocarbonyl (C=S) groups is 1. The molecule has 3 aromatic rings. The van der Waals surface area contributed by atoms with E-state index in [2.05, 4.69) is 5.32 Å². The molecule has 166 valence electrons. The van der Waals surface area contributed by atoms with Gasteiger partial charge in [0.15, 0.2) is 5.11 Å². The van der Waals surface area contributed by atoms with E-state index >= 15 is 0 Å². The molecule has 0 aliphatic carbocycles. The van der Waals surface area contributed by atoms with Gasteiger partial charge >= 0.3 is 0 Å². The topological polar surface area (TPSA) is 58.6 Å². The Hall–Kier alpha value is -3.55. The number of amides is 2. The monoisotopic (exact) mass is 480 g/mol. The summed E-state index contributed by atoms with van der Waals surface area (Å²) in [5.41, 5.74) is 1.98. The van der Waals surface area contributed by atoms with Crippen LogP contribution in [0, 0.1) is 5.82 Å². The molecule has 33 heavy (non-hydrogen) atoms. The van der Waals surface area contributed by atoms with E-state index in [0.29, 0.717) is 33.1 Å². The van der Waals surface area contributed by atoms with E-state index in [9.17, 15) is 14.0 Å². The lowest BCUT2D eigenvalue weighted by Crippen LogP contribution is -2.54. The van der Waals surface area contributed by atoms with Gasteiger partial charge in [-0.1, -0.05) is 48.0 Å². The normalized spacial score (nSPS) is 15.1. The number of halogens is 2. The van der Waals surface area contributed by atoms with Crippen LogP contribution >= 0.6 is 23.8 Å². The Balaban J connectivity index is 1.71. The van der Waals surface area contributed by atoms with Crippen molar-refractivity contribution in [3.8, 4) is 5.75 Å². The lowest BCUT2D eigenvalue weighted by atomic mass is 10.00. The standard InChI is InChI=1S/C25H18ClFN2O3S/c1-32-22-13-15(12-20(26)18(22)14-16-7-5-6-10-21(16)27)11-19-23(30)28-25(33)29(24(19)31)17-8-3-2-4-9-17/h2-13H,14H2,1H3,(H,28,30,33)/b19-11-. The number of rotatable bonds is 5. The van der Waals surface area contributed by atoms with Crippen LogP contribution in [0.15, 0.2) is 72.3 Å². The van der Waals surface area contributed by atoms with E-state index in [1.165, 1.54) is 24.2 Å². The minimum atomic E-state index is -0.609. The molecule has 1 aliphatic heterocycles. The second-order valence-electron chi connectivity index (χ2n) is 7.25. The number of nitrogens with one attached hydrogen (secondary N) is 1. The molecule has 1 N–H and O–H groups in total. The van der Waals surface area contributed by atoms with Crippen molar-refractivity contribution in [3.63, 3.8) is 0 Å². The number of hydrogen-bond acceptors (Lipinski definition) is 4. The maximum absolute atomic E-state index is 14.1. The summed E-state index contributed by atoms with van der Waals surface area (Å²) in [6, 6.07) is 18.5. The summed E-state index contributed by atoms with van der Waals surface area (Å²) >= 11 is 11.7. The Morgan fingerprint density at radius 3 is 2.48 bits per heavy atom.